The lowest BCUT2D eigenvalue weighted by atomic mass is 9.90. The fraction of sp³-hybridized carbons (Fsp3) is 0.545. The second-order valence-electron chi connectivity index (χ2n) is 4.18. The standard InChI is InChI=1S/C11H15N5S/c12-6-7-3-1-2-4-8(7)17-11-15-9(13)5-10(14)16-11/h5,7-8H,1-4H2,(H4,13,14,15,16). The van der Waals surface area contributed by atoms with Crippen LogP contribution in [0.5, 0.6) is 0 Å². The van der Waals surface area contributed by atoms with Crippen molar-refractivity contribution < 1.29 is 0 Å². The Morgan fingerprint density at radius 1 is 1.24 bits per heavy atom. The fourth-order valence-electron chi connectivity index (χ4n) is 2.04. The number of nitrogen functional groups attached to an aromatic ring is 2. The minimum absolute atomic E-state index is 0.0833. The second-order valence-corrected chi connectivity index (χ2v) is 5.38. The van der Waals surface area contributed by atoms with Crippen LogP contribution in [0.3, 0.4) is 0 Å². The number of rotatable bonds is 2. The molecular weight excluding hydrogens is 234 g/mol. The van der Waals surface area contributed by atoms with Gasteiger partial charge in [-0.25, -0.2) is 9.97 Å². The lowest BCUT2D eigenvalue weighted by molar-refractivity contribution is 0.439. The molecule has 6 heteroatoms. The Morgan fingerprint density at radius 2 is 1.88 bits per heavy atom. The van der Waals surface area contributed by atoms with Gasteiger partial charge in [-0.15, -0.1) is 0 Å². The molecule has 0 saturated heterocycles. The average Bonchev–Trinajstić information content (AvgIpc) is 2.28. The van der Waals surface area contributed by atoms with Crippen LogP contribution in [0.25, 0.3) is 0 Å². The largest absolute Gasteiger partial charge is 0.383 e. The topological polar surface area (TPSA) is 102 Å². The highest BCUT2D eigenvalue weighted by atomic mass is 32.2. The summed E-state index contributed by atoms with van der Waals surface area (Å²) < 4.78 is 0. The van der Waals surface area contributed by atoms with Gasteiger partial charge in [0, 0.05) is 11.3 Å². The van der Waals surface area contributed by atoms with Gasteiger partial charge in [-0.1, -0.05) is 24.6 Å². The third kappa shape index (κ3) is 3.01. The highest BCUT2D eigenvalue weighted by Crippen LogP contribution is 2.36. The molecule has 1 aromatic heterocycles. The number of thioether (sulfide) groups is 1. The number of nitriles is 1. The van der Waals surface area contributed by atoms with Crippen molar-refractivity contribution in [2.75, 3.05) is 11.5 Å². The molecule has 0 radical (unpaired) electrons. The van der Waals surface area contributed by atoms with E-state index in [1.165, 1.54) is 17.8 Å². The van der Waals surface area contributed by atoms with E-state index < -0.39 is 0 Å². The minimum Gasteiger partial charge on any atom is -0.383 e. The quantitative estimate of drug-likeness (QED) is 0.775. The van der Waals surface area contributed by atoms with Gasteiger partial charge >= 0.3 is 0 Å². The SMILES string of the molecule is N#CC1CCCCC1Sc1nc(N)cc(N)n1. The summed E-state index contributed by atoms with van der Waals surface area (Å²) in [6.07, 6.45) is 4.29. The van der Waals surface area contributed by atoms with Crippen LogP contribution in [-0.4, -0.2) is 15.2 Å². The van der Waals surface area contributed by atoms with Crippen molar-refractivity contribution in [2.45, 2.75) is 36.1 Å². The highest BCUT2D eigenvalue weighted by Gasteiger charge is 2.26. The summed E-state index contributed by atoms with van der Waals surface area (Å²) >= 11 is 1.52. The first kappa shape index (κ1) is 12.0. The molecular formula is C11H15N5S. The van der Waals surface area contributed by atoms with Crippen molar-refractivity contribution in [1.29, 1.82) is 5.26 Å². The molecule has 1 aliphatic rings. The van der Waals surface area contributed by atoms with Gasteiger partial charge in [0.2, 0.25) is 0 Å². The van der Waals surface area contributed by atoms with E-state index in [0.717, 1.165) is 25.7 Å². The van der Waals surface area contributed by atoms with Gasteiger partial charge in [-0.05, 0) is 12.8 Å². The monoisotopic (exact) mass is 249 g/mol. The van der Waals surface area contributed by atoms with Gasteiger partial charge in [0.05, 0.1) is 12.0 Å². The molecule has 0 amide bonds. The zero-order valence-electron chi connectivity index (χ0n) is 9.47. The summed E-state index contributed by atoms with van der Waals surface area (Å²) in [5, 5.41) is 9.93. The molecule has 1 saturated carbocycles. The number of hydrogen-bond donors (Lipinski definition) is 2. The van der Waals surface area contributed by atoms with Crippen molar-refractivity contribution in [1.82, 2.24) is 9.97 Å². The van der Waals surface area contributed by atoms with Gasteiger partial charge in [-0.2, -0.15) is 5.26 Å². The minimum atomic E-state index is 0.0833. The van der Waals surface area contributed by atoms with Gasteiger partial charge in [0.1, 0.15) is 11.6 Å². The number of nitrogens with zero attached hydrogens (tertiary/aromatic N) is 3. The Bertz CT molecular complexity index is 422. The summed E-state index contributed by atoms with van der Waals surface area (Å²) in [5.41, 5.74) is 11.2. The summed E-state index contributed by atoms with van der Waals surface area (Å²) in [6.45, 7) is 0. The molecule has 4 N–H and O–H groups in total. The van der Waals surface area contributed by atoms with E-state index in [9.17, 15) is 0 Å². The van der Waals surface area contributed by atoms with E-state index in [4.69, 9.17) is 16.7 Å². The molecule has 1 aromatic rings. The molecule has 1 heterocycles. The van der Waals surface area contributed by atoms with Crippen LogP contribution < -0.4 is 11.5 Å². The first-order chi connectivity index (χ1) is 8.19. The van der Waals surface area contributed by atoms with Gasteiger partial charge in [-0.3, -0.25) is 0 Å². The van der Waals surface area contributed by atoms with Crippen LogP contribution in [0.4, 0.5) is 11.6 Å². The molecule has 5 nitrogen and oxygen atoms in total. The molecule has 2 unspecified atom stereocenters. The van der Waals surface area contributed by atoms with Crippen molar-refractivity contribution in [2.24, 2.45) is 5.92 Å². The van der Waals surface area contributed by atoms with E-state index in [1.54, 1.807) is 0 Å². The molecule has 17 heavy (non-hydrogen) atoms. The Kier molecular flexibility index (Phi) is 3.69. The molecule has 0 spiro atoms. The summed E-state index contributed by atoms with van der Waals surface area (Å²) in [7, 11) is 0. The van der Waals surface area contributed by atoms with Crippen molar-refractivity contribution in [3.05, 3.63) is 6.07 Å². The van der Waals surface area contributed by atoms with E-state index in [1.807, 2.05) is 0 Å². The Balaban J connectivity index is 2.11. The highest BCUT2D eigenvalue weighted by molar-refractivity contribution is 7.99. The summed E-state index contributed by atoms with van der Waals surface area (Å²) in [5.74, 6) is 0.841. The predicted molar refractivity (Wildman–Crippen MR) is 68.1 cm³/mol. The summed E-state index contributed by atoms with van der Waals surface area (Å²) in [4.78, 5) is 8.27. The van der Waals surface area contributed by atoms with Gasteiger partial charge < -0.3 is 11.5 Å². The Morgan fingerprint density at radius 3 is 2.53 bits per heavy atom. The molecule has 0 aliphatic heterocycles. The maximum Gasteiger partial charge on any atom is 0.191 e. The first-order valence-corrected chi connectivity index (χ1v) is 6.53. The van der Waals surface area contributed by atoms with Gasteiger partial charge in [0.15, 0.2) is 5.16 Å². The maximum absolute atomic E-state index is 9.10. The second kappa shape index (κ2) is 5.23. The zero-order valence-corrected chi connectivity index (χ0v) is 10.3. The third-order valence-corrected chi connectivity index (χ3v) is 4.13. The lowest BCUT2D eigenvalue weighted by Gasteiger charge is -2.25. The van der Waals surface area contributed by atoms with Crippen molar-refractivity contribution in [3.8, 4) is 6.07 Å². The van der Waals surface area contributed by atoms with Crippen molar-refractivity contribution in [3.63, 3.8) is 0 Å². The Labute approximate surface area is 105 Å². The van der Waals surface area contributed by atoms with Crippen LogP contribution in [0.15, 0.2) is 11.2 Å². The molecule has 2 rings (SSSR count). The van der Waals surface area contributed by atoms with E-state index in [0.29, 0.717) is 16.8 Å². The molecule has 2 atom stereocenters. The molecule has 0 bridgehead atoms. The predicted octanol–water partition coefficient (Wildman–Crippen LogP) is 1.82. The number of nitrogens with two attached hydrogens (primary N) is 2. The maximum atomic E-state index is 9.10. The molecule has 1 fully saturated rings. The summed E-state index contributed by atoms with van der Waals surface area (Å²) in [6, 6.07) is 3.90. The van der Waals surface area contributed by atoms with Crippen LogP contribution in [0, 0.1) is 17.2 Å². The van der Waals surface area contributed by atoms with Crippen molar-refractivity contribution >= 4 is 23.4 Å². The van der Waals surface area contributed by atoms with Crippen LogP contribution in [0.2, 0.25) is 0 Å². The van der Waals surface area contributed by atoms with Crippen LogP contribution in [-0.2, 0) is 0 Å². The van der Waals surface area contributed by atoms with Crippen LogP contribution >= 0.6 is 11.8 Å². The molecule has 0 aromatic carbocycles. The van der Waals surface area contributed by atoms with Crippen LogP contribution in [0.1, 0.15) is 25.7 Å². The molecule has 1 aliphatic carbocycles. The van der Waals surface area contributed by atoms with E-state index in [-0.39, 0.29) is 11.2 Å². The average molecular weight is 249 g/mol. The molecule has 90 valence electrons. The van der Waals surface area contributed by atoms with Gasteiger partial charge in [0.25, 0.3) is 0 Å². The number of anilines is 2. The van der Waals surface area contributed by atoms with E-state index in [2.05, 4.69) is 16.0 Å². The third-order valence-electron chi connectivity index (χ3n) is 2.87. The smallest absolute Gasteiger partial charge is 0.191 e. The normalized spacial score (nSPS) is 24.2. The zero-order chi connectivity index (χ0) is 12.3. The number of hydrogen-bond acceptors (Lipinski definition) is 6. The first-order valence-electron chi connectivity index (χ1n) is 5.65. The number of aromatic nitrogens is 2. The van der Waals surface area contributed by atoms with E-state index >= 15 is 0 Å². The Hall–Kier alpha value is -1.48. The lowest BCUT2D eigenvalue weighted by Crippen LogP contribution is -2.20. The fourth-order valence-corrected chi connectivity index (χ4v) is 3.27.